The predicted molar refractivity (Wildman–Crippen MR) is 45.9 cm³/mol. The molecule has 0 atom stereocenters. The van der Waals surface area contributed by atoms with Gasteiger partial charge in [0.2, 0.25) is 0 Å². The van der Waals surface area contributed by atoms with Crippen molar-refractivity contribution in [2.24, 2.45) is 0 Å². The number of hydrogen-bond acceptors (Lipinski definition) is 1. The Balaban J connectivity index is 2.94. The summed E-state index contributed by atoms with van der Waals surface area (Å²) in [6, 6.07) is 9.56. The van der Waals surface area contributed by atoms with Gasteiger partial charge >= 0.3 is 0 Å². The van der Waals surface area contributed by atoms with Crippen molar-refractivity contribution in [1.29, 1.82) is 5.26 Å². The predicted octanol–water partition coefficient (Wildman–Crippen LogP) is 2.59. The summed E-state index contributed by atoms with van der Waals surface area (Å²) in [5.41, 5.74) is 1.84. The molecule has 0 aliphatic carbocycles. The largest absolute Gasteiger partial charge is 0.192 e. The molecule has 0 saturated carbocycles. The normalized spacial score (nSPS) is 9.82. The molecule has 54 valence electrons. The highest BCUT2D eigenvalue weighted by Crippen LogP contribution is 2.04. The van der Waals surface area contributed by atoms with Crippen molar-refractivity contribution >= 4 is 6.08 Å². The zero-order chi connectivity index (χ0) is 8.10. The van der Waals surface area contributed by atoms with E-state index >= 15 is 0 Å². The lowest BCUT2D eigenvalue weighted by molar-refractivity contribution is 1.48. The van der Waals surface area contributed by atoms with Gasteiger partial charge < -0.3 is 0 Å². The van der Waals surface area contributed by atoms with Gasteiger partial charge in [-0.3, -0.25) is 0 Å². The van der Waals surface area contributed by atoms with Crippen LogP contribution in [0.3, 0.4) is 0 Å². The summed E-state index contributed by atoms with van der Waals surface area (Å²) in [7, 11) is 0. The number of hydrogen-bond donors (Lipinski definition) is 0. The third kappa shape index (κ3) is 1.94. The van der Waals surface area contributed by atoms with Crippen molar-refractivity contribution in [3.05, 3.63) is 41.5 Å². The number of nitriles is 1. The molecular weight excluding hydrogens is 134 g/mol. The minimum Gasteiger partial charge on any atom is -0.192 e. The van der Waals surface area contributed by atoms with Crippen LogP contribution in [0, 0.1) is 11.3 Å². The SMILES string of the molecule is C/C=C/c1ccc(C#N)cc1. The Bertz CT molecular complexity index is 288. The molecule has 0 bridgehead atoms. The summed E-state index contributed by atoms with van der Waals surface area (Å²) in [4.78, 5) is 0. The fraction of sp³-hybridized carbons (Fsp3) is 0.100. The third-order valence-corrected chi connectivity index (χ3v) is 1.40. The lowest BCUT2D eigenvalue weighted by Crippen LogP contribution is -1.73. The quantitative estimate of drug-likeness (QED) is 0.592. The summed E-state index contributed by atoms with van der Waals surface area (Å²) < 4.78 is 0. The molecule has 1 heteroatoms. The maximum absolute atomic E-state index is 8.49. The molecule has 1 aromatic carbocycles. The van der Waals surface area contributed by atoms with E-state index in [1.807, 2.05) is 43.3 Å². The van der Waals surface area contributed by atoms with E-state index in [2.05, 4.69) is 6.07 Å². The molecule has 11 heavy (non-hydrogen) atoms. The van der Waals surface area contributed by atoms with Gasteiger partial charge in [-0.15, -0.1) is 0 Å². The first-order chi connectivity index (χ1) is 5.36. The van der Waals surface area contributed by atoms with Gasteiger partial charge in [0.05, 0.1) is 11.6 Å². The van der Waals surface area contributed by atoms with E-state index in [0.29, 0.717) is 5.56 Å². The van der Waals surface area contributed by atoms with Gasteiger partial charge in [0.15, 0.2) is 0 Å². The Morgan fingerprint density at radius 2 is 1.91 bits per heavy atom. The summed E-state index contributed by atoms with van der Waals surface area (Å²) in [6.07, 6.45) is 3.97. The molecule has 0 heterocycles. The zero-order valence-electron chi connectivity index (χ0n) is 6.41. The molecule has 0 amide bonds. The van der Waals surface area contributed by atoms with E-state index in [4.69, 9.17) is 5.26 Å². The molecule has 0 aliphatic heterocycles. The smallest absolute Gasteiger partial charge is 0.0991 e. The molecular formula is C10H9N. The second kappa shape index (κ2) is 3.58. The molecule has 1 rings (SSSR count). The number of benzene rings is 1. The van der Waals surface area contributed by atoms with Crippen LogP contribution in [0.25, 0.3) is 6.08 Å². The van der Waals surface area contributed by atoms with Crippen LogP contribution >= 0.6 is 0 Å². The molecule has 1 aromatic rings. The topological polar surface area (TPSA) is 23.8 Å². The van der Waals surface area contributed by atoms with Crippen molar-refractivity contribution in [3.63, 3.8) is 0 Å². The molecule has 0 spiro atoms. The molecule has 0 N–H and O–H groups in total. The second-order valence-electron chi connectivity index (χ2n) is 2.23. The van der Waals surface area contributed by atoms with Gasteiger partial charge in [-0.25, -0.2) is 0 Å². The van der Waals surface area contributed by atoms with E-state index in [9.17, 15) is 0 Å². The summed E-state index contributed by atoms with van der Waals surface area (Å²) >= 11 is 0. The van der Waals surface area contributed by atoms with Crippen LogP contribution in [0.5, 0.6) is 0 Å². The summed E-state index contributed by atoms with van der Waals surface area (Å²) in [5.74, 6) is 0. The Labute approximate surface area is 66.6 Å². The monoisotopic (exact) mass is 143 g/mol. The zero-order valence-corrected chi connectivity index (χ0v) is 6.41. The van der Waals surface area contributed by atoms with Crippen LogP contribution < -0.4 is 0 Å². The fourth-order valence-electron chi connectivity index (χ4n) is 0.861. The van der Waals surface area contributed by atoms with Crippen LogP contribution in [0.15, 0.2) is 30.3 Å². The molecule has 0 unspecified atom stereocenters. The highest BCUT2D eigenvalue weighted by Gasteiger charge is 1.87. The lowest BCUT2D eigenvalue weighted by Gasteiger charge is -1.90. The van der Waals surface area contributed by atoms with Crippen molar-refractivity contribution in [2.75, 3.05) is 0 Å². The first-order valence-corrected chi connectivity index (χ1v) is 3.49. The molecule has 0 radical (unpaired) electrons. The highest BCUT2D eigenvalue weighted by atomic mass is 14.2. The van der Waals surface area contributed by atoms with Crippen LogP contribution in [0.2, 0.25) is 0 Å². The molecule has 0 fully saturated rings. The number of nitrogens with zero attached hydrogens (tertiary/aromatic N) is 1. The van der Waals surface area contributed by atoms with E-state index in [1.54, 1.807) is 0 Å². The van der Waals surface area contributed by atoms with Crippen molar-refractivity contribution in [3.8, 4) is 6.07 Å². The van der Waals surface area contributed by atoms with Crippen LogP contribution in [0.1, 0.15) is 18.1 Å². The Hall–Kier alpha value is -1.55. The fourth-order valence-corrected chi connectivity index (χ4v) is 0.861. The molecule has 0 saturated heterocycles. The molecule has 0 aromatic heterocycles. The Kier molecular flexibility index (Phi) is 2.46. The van der Waals surface area contributed by atoms with E-state index in [0.717, 1.165) is 5.56 Å². The maximum Gasteiger partial charge on any atom is 0.0991 e. The van der Waals surface area contributed by atoms with Gasteiger partial charge in [0.25, 0.3) is 0 Å². The highest BCUT2D eigenvalue weighted by molar-refractivity contribution is 5.50. The lowest BCUT2D eigenvalue weighted by atomic mass is 10.1. The van der Waals surface area contributed by atoms with Crippen LogP contribution in [-0.4, -0.2) is 0 Å². The van der Waals surface area contributed by atoms with Gasteiger partial charge in [0.1, 0.15) is 0 Å². The molecule has 0 aliphatic rings. The van der Waals surface area contributed by atoms with Crippen molar-refractivity contribution < 1.29 is 0 Å². The number of allylic oxidation sites excluding steroid dienone is 1. The van der Waals surface area contributed by atoms with Crippen molar-refractivity contribution in [1.82, 2.24) is 0 Å². The minimum absolute atomic E-state index is 0.707. The van der Waals surface area contributed by atoms with Crippen LogP contribution in [0.4, 0.5) is 0 Å². The second-order valence-corrected chi connectivity index (χ2v) is 2.23. The van der Waals surface area contributed by atoms with E-state index < -0.39 is 0 Å². The third-order valence-electron chi connectivity index (χ3n) is 1.40. The van der Waals surface area contributed by atoms with Gasteiger partial charge in [-0.05, 0) is 24.6 Å². The summed E-state index contributed by atoms with van der Waals surface area (Å²) in [6.45, 7) is 1.97. The standard InChI is InChI=1S/C10H9N/c1-2-3-9-4-6-10(8-11)7-5-9/h2-7H,1H3/b3-2+. The van der Waals surface area contributed by atoms with Gasteiger partial charge in [0, 0.05) is 0 Å². The Morgan fingerprint density at radius 3 is 2.36 bits per heavy atom. The average Bonchev–Trinajstić information content (AvgIpc) is 2.07. The van der Waals surface area contributed by atoms with E-state index in [-0.39, 0.29) is 0 Å². The minimum atomic E-state index is 0.707. The van der Waals surface area contributed by atoms with Crippen LogP contribution in [-0.2, 0) is 0 Å². The Morgan fingerprint density at radius 1 is 1.27 bits per heavy atom. The average molecular weight is 143 g/mol. The first kappa shape index (κ1) is 7.56. The maximum atomic E-state index is 8.49. The van der Waals surface area contributed by atoms with Gasteiger partial charge in [-0.1, -0.05) is 24.3 Å². The van der Waals surface area contributed by atoms with E-state index in [1.165, 1.54) is 0 Å². The van der Waals surface area contributed by atoms with Crippen molar-refractivity contribution in [2.45, 2.75) is 6.92 Å². The molecule has 1 nitrogen and oxygen atoms in total. The summed E-state index contributed by atoms with van der Waals surface area (Å²) in [5, 5.41) is 8.49. The number of rotatable bonds is 1. The van der Waals surface area contributed by atoms with Gasteiger partial charge in [-0.2, -0.15) is 5.26 Å². The first-order valence-electron chi connectivity index (χ1n) is 3.49.